The Bertz CT molecular complexity index is 504. The molecule has 0 amide bonds. The van der Waals surface area contributed by atoms with Gasteiger partial charge in [-0.05, 0) is 41.5 Å². The summed E-state index contributed by atoms with van der Waals surface area (Å²) in [5.74, 6) is 0. The molecule has 0 unspecified atom stereocenters. The van der Waals surface area contributed by atoms with Gasteiger partial charge in [0.25, 0.3) is 0 Å². The first kappa shape index (κ1) is 45.7. The van der Waals surface area contributed by atoms with Gasteiger partial charge in [0.2, 0.25) is 10.4 Å². The van der Waals surface area contributed by atoms with Gasteiger partial charge in [-0.25, -0.2) is 8.42 Å². The number of hydrogen-bond acceptors (Lipinski definition) is 4. The van der Waals surface area contributed by atoms with Gasteiger partial charge in [0, 0.05) is 0 Å². The van der Waals surface area contributed by atoms with Gasteiger partial charge in [-0.1, -0.05) is 96.8 Å². The van der Waals surface area contributed by atoms with Crippen molar-refractivity contribution < 1.29 is 26.1 Å². The lowest BCUT2D eigenvalue weighted by Crippen LogP contribution is -2.42. The number of quaternary nitrogens is 2. The molecule has 0 aromatic heterocycles. The highest BCUT2D eigenvalue weighted by Gasteiger charge is 2.11. The molecule has 0 aromatic rings. The Balaban J connectivity index is -0.000000233. The van der Waals surface area contributed by atoms with Gasteiger partial charge in [-0.15, -0.1) is 0 Å². The minimum atomic E-state index is -4.41. The summed E-state index contributed by atoms with van der Waals surface area (Å²) in [7, 11) is 0.979. The van der Waals surface area contributed by atoms with Crippen LogP contribution in [0.4, 0.5) is 0 Å². The fourth-order valence-electron chi connectivity index (χ4n) is 3.66. The first-order chi connectivity index (χ1) is 18.3. The summed E-state index contributed by atoms with van der Waals surface area (Å²) in [6, 6.07) is 0. The van der Waals surface area contributed by atoms with E-state index in [1.54, 1.807) is 0 Å². The third kappa shape index (κ3) is 40.0. The topological polar surface area (TPSA) is 90.2 Å². The summed E-state index contributed by atoms with van der Waals surface area (Å²) in [6.45, 7) is 23.9. The van der Waals surface area contributed by atoms with E-state index in [-0.39, 0.29) is 0 Å². The first-order valence-corrected chi connectivity index (χ1v) is 17.5. The van der Waals surface area contributed by atoms with Crippen LogP contribution < -0.4 is 0 Å². The highest BCUT2D eigenvalue weighted by atomic mass is 32.3. The Kier molecular flexibility index (Phi) is 37.8. The molecular weight excluding hydrogens is 510 g/mol. The Labute approximate surface area is 247 Å². The van der Waals surface area contributed by atoms with Crippen molar-refractivity contribution in [1.29, 1.82) is 0 Å². The maximum atomic E-state index is 9.22. The normalized spacial score (nSPS) is 11.5. The summed E-state index contributed by atoms with van der Waals surface area (Å²) >= 11 is 0. The smallest absolute Gasteiger partial charge is 0.217 e. The number of rotatable bonds is 21. The van der Waals surface area contributed by atoms with Crippen LogP contribution in [0.2, 0.25) is 0 Å². The van der Waals surface area contributed by atoms with Crippen molar-refractivity contribution in [2.75, 3.05) is 67.0 Å². The summed E-state index contributed by atoms with van der Waals surface area (Å²) in [4.78, 5) is 0. The molecule has 0 aliphatic heterocycles. The fraction of sp³-hybridized carbons (Fsp3) is 1.00. The number of unbranched alkanes of at least 4 members (excludes halogenated alkanes) is 13. The van der Waals surface area contributed by atoms with Gasteiger partial charge in [-0.2, -0.15) is 6.54 Å². The van der Waals surface area contributed by atoms with Crippen LogP contribution in [0.1, 0.15) is 138 Å². The molecule has 39 heavy (non-hydrogen) atoms. The van der Waals surface area contributed by atoms with Crippen molar-refractivity contribution >= 4 is 10.4 Å². The Morgan fingerprint density at radius 1 is 0.538 bits per heavy atom. The summed E-state index contributed by atoms with van der Waals surface area (Å²) in [6.07, 6.45) is 19.5. The van der Waals surface area contributed by atoms with Crippen LogP contribution in [-0.4, -0.2) is 89.0 Å². The standard InChI is InChI=1S/C16H34N.2C7H18N.CH4O4S/c1-2-3-4-5-6-7-8-9-10-11-12-13-14-15-16-17;2*1-5-8(4,6-2)7-3;1-5-6(2,3)4/h17H,2-16H2,1H3;2*5-7H2,1-4H3;1H3,(H,2,3,4)/q-1;2*+1;/p-1. The molecule has 242 valence electrons. The number of nitrogens with zero attached hydrogens (tertiary/aromatic N) is 2. The molecule has 0 aromatic carbocycles. The van der Waals surface area contributed by atoms with Crippen LogP contribution in [0, 0.1) is 0 Å². The van der Waals surface area contributed by atoms with Crippen LogP contribution in [0.3, 0.4) is 0 Å². The van der Waals surface area contributed by atoms with Gasteiger partial charge in [-0.3, -0.25) is 4.18 Å². The largest absolute Gasteiger partial charge is 0.726 e. The number of nitrogens with one attached hydrogen (secondary N) is 1. The van der Waals surface area contributed by atoms with Crippen LogP contribution in [0.15, 0.2) is 0 Å². The van der Waals surface area contributed by atoms with Crippen LogP contribution >= 0.6 is 0 Å². The molecule has 8 heteroatoms. The van der Waals surface area contributed by atoms with E-state index in [0.29, 0.717) is 6.54 Å². The molecule has 7 nitrogen and oxygen atoms in total. The molecule has 0 saturated heterocycles. The van der Waals surface area contributed by atoms with E-state index >= 15 is 0 Å². The minimum Gasteiger partial charge on any atom is -0.726 e. The minimum absolute atomic E-state index is 0.623. The molecule has 0 rings (SSSR count). The summed E-state index contributed by atoms with van der Waals surface area (Å²) in [5.41, 5.74) is 7.06. The van der Waals surface area contributed by atoms with Crippen molar-refractivity contribution in [1.82, 2.24) is 0 Å². The van der Waals surface area contributed by atoms with Crippen LogP contribution in [0.5, 0.6) is 0 Å². The molecule has 0 aliphatic rings. The van der Waals surface area contributed by atoms with E-state index < -0.39 is 10.4 Å². The second-order valence-electron chi connectivity index (χ2n) is 11.1. The molecule has 0 bridgehead atoms. The van der Waals surface area contributed by atoms with Crippen molar-refractivity contribution in [3.8, 4) is 0 Å². The van der Waals surface area contributed by atoms with E-state index in [9.17, 15) is 13.0 Å². The van der Waals surface area contributed by atoms with E-state index in [1.807, 2.05) is 0 Å². The molecule has 0 heterocycles. The van der Waals surface area contributed by atoms with Crippen molar-refractivity contribution in [3.05, 3.63) is 5.73 Å². The lowest BCUT2D eigenvalue weighted by Gasteiger charge is -2.30. The maximum absolute atomic E-state index is 9.22. The average Bonchev–Trinajstić information content (AvgIpc) is 2.95. The second kappa shape index (κ2) is 32.3. The zero-order valence-corrected chi connectivity index (χ0v) is 29.1. The predicted octanol–water partition coefficient (Wildman–Crippen LogP) is 8.60. The van der Waals surface area contributed by atoms with E-state index in [0.717, 1.165) is 13.5 Å². The Morgan fingerprint density at radius 2 is 0.744 bits per heavy atom. The third-order valence-corrected chi connectivity index (χ3v) is 8.72. The summed E-state index contributed by atoms with van der Waals surface area (Å²) in [5, 5.41) is 0. The van der Waals surface area contributed by atoms with Crippen LogP contribution in [-0.2, 0) is 14.6 Å². The molecular formula is C31H73N3O4S. The van der Waals surface area contributed by atoms with E-state index in [4.69, 9.17) is 5.73 Å². The van der Waals surface area contributed by atoms with Crippen LogP contribution in [0.25, 0.3) is 5.73 Å². The molecule has 0 aliphatic carbocycles. The first-order valence-electron chi connectivity index (χ1n) is 16.2. The number of hydrogen-bond donors (Lipinski definition) is 0. The lowest BCUT2D eigenvalue weighted by molar-refractivity contribution is -0.904. The van der Waals surface area contributed by atoms with Crippen molar-refractivity contribution in [3.63, 3.8) is 0 Å². The molecule has 1 N–H and O–H groups in total. The second-order valence-corrected chi connectivity index (χ2v) is 12.2. The zero-order chi connectivity index (χ0) is 31.1. The molecule has 0 radical (unpaired) electrons. The quantitative estimate of drug-likeness (QED) is 0.0585. The lowest BCUT2D eigenvalue weighted by atomic mass is 10.0. The van der Waals surface area contributed by atoms with Gasteiger partial charge in [0.1, 0.15) is 0 Å². The molecule has 0 fully saturated rings. The Hall–Kier alpha value is -0.250. The summed E-state index contributed by atoms with van der Waals surface area (Å²) < 4.78 is 33.4. The highest BCUT2D eigenvalue weighted by molar-refractivity contribution is 7.80. The Morgan fingerprint density at radius 3 is 0.872 bits per heavy atom. The van der Waals surface area contributed by atoms with Gasteiger partial charge in [0.05, 0.1) is 60.5 Å². The predicted molar refractivity (Wildman–Crippen MR) is 172 cm³/mol. The third-order valence-electron chi connectivity index (χ3n) is 8.32. The molecule has 0 saturated carbocycles. The maximum Gasteiger partial charge on any atom is 0.217 e. The average molecular weight is 584 g/mol. The van der Waals surface area contributed by atoms with Gasteiger partial charge < -0.3 is 19.3 Å². The fourth-order valence-corrected chi connectivity index (χ4v) is 3.66. The van der Waals surface area contributed by atoms with Crippen molar-refractivity contribution in [2.24, 2.45) is 0 Å². The van der Waals surface area contributed by atoms with E-state index in [1.165, 1.54) is 132 Å². The molecule has 0 atom stereocenters. The monoisotopic (exact) mass is 584 g/mol. The van der Waals surface area contributed by atoms with Gasteiger partial charge in [0.15, 0.2) is 0 Å². The SMILES string of the molecule is CCCCCCCCCCCCCCCC[NH-].CC[N+](C)(CC)CC.CC[N+](C)(CC)CC.COS(=O)(=O)[O-]. The zero-order valence-electron chi connectivity index (χ0n) is 28.3. The molecule has 0 spiro atoms. The van der Waals surface area contributed by atoms with Crippen molar-refractivity contribution in [2.45, 2.75) is 138 Å². The van der Waals surface area contributed by atoms with E-state index in [2.05, 4.69) is 66.7 Å². The van der Waals surface area contributed by atoms with Gasteiger partial charge >= 0.3 is 0 Å². The highest BCUT2D eigenvalue weighted by Crippen LogP contribution is 2.12.